The Hall–Kier alpha value is -2.34. The van der Waals surface area contributed by atoms with Gasteiger partial charge in [0.1, 0.15) is 10.6 Å². The number of fused-ring (bicyclic) bond motifs is 1. The van der Waals surface area contributed by atoms with E-state index < -0.39 is 5.82 Å². The maximum atomic E-state index is 12.8. The molecule has 0 N–H and O–H groups in total. The van der Waals surface area contributed by atoms with Gasteiger partial charge in [0.2, 0.25) is 0 Å². The number of halogens is 1. The molecule has 100 valence electrons. The fraction of sp³-hybridized carbons (Fsp3) is 0.0714. The molecule has 0 bridgehead atoms. The fourth-order valence-corrected chi connectivity index (χ4v) is 2.61. The zero-order valence-corrected chi connectivity index (χ0v) is 11.1. The second kappa shape index (κ2) is 4.97. The summed E-state index contributed by atoms with van der Waals surface area (Å²) in [5.41, 5.74) is 0.121. The molecule has 0 amide bonds. The Morgan fingerprint density at radius 2 is 2.00 bits per heavy atom. The Balaban J connectivity index is 1.93. The van der Waals surface area contributed by atoms with Gasteiger partial charge in [0.05, 0.1) is 18.3 Å². The first-order valence-electron chi connectivity index (χ1n) is 5.86. The molecule has 4 nitrogen and oxygen atoms in total. The van der Waals surface area contributed by atoms with Crippen LogP contribution in [0.15, 0.2) is 46.8 Å². The Kier molecular flexibility index (Phi) is 3.15. The normalized spacial score (nSPS) is 10.8. The van der Waals surface area contributed by atoms with E-state index in [0.717, 1.165) is 0 Å². The van der Waals surface area contributed by atoms with Gasteiger partial charge in [-0.05, 0) is 35.7 Å². The first kappa shape index (κ1) is 12.7. The second-order valence-electron chi connectivity index (χ2n) is 4.25. The van der Waals surface area contributed by atoms with Gasteiger partial charge in [-0.1, -0.05) is 0 Å². The van der Waals surface area contributed by atoms with Crippen LogP contribution in [0.5, 0.6) is 0 Å². The SMILES string of the molecule is O=C(Cn1cnc2sccc2c1=O)c1ccc(F)cc1. The highest BCUT2D eigenvalue weighted by Gasteiger charge is 2.10. The molecule has 0 radical (unpaired) electrons. The molecule has 6 heteroatoms. The fourth-order valence-electron chi connectivity index (χ4n) is 1.89. The van der Waals surface area contributed by atoms with Crippen molar-refractivity contribution in [3.8, 4) is 0 Å². The number of hydrogen-bond acceptors (Lipinski definition) is 4. The van der Waals surface area contributed by atoms with Crippen LogP contribution in [-0.2, 0) is 6.54 Å². The van der Waals surface area contributed by atoms with E-state index in [-0.39, 0.29) is 17.9 Å². The van der Waals surface area contributed by atoms with Crippen molar-refractivity contribution in [2.45, 2.75) is 6.54 Å². The molecule has 0 saturated carbocycles. The Labute approximate surface area is 117 Å². The van der Waals surface area contributed by atoms with Gasteiger partial charge in [0, 0.05) is 5.56 Å². The van der Waals surface area contributed by atoms with Crippen LogP contribution < -0.4 is 5.56 Å². The number of carbonyl (C=O) groups is 1. The second-order valence-corrected chi connectivity index (χ2v) is 5.14. The van der Waals surface area contributed by atoms with Crippen LogP contribution in [-0.4, -0.2) is 15.3 Å². The van der Waals surface area contributed by atoms with Crippen LogP contribution in [0.2, 0.25) is 0 Å². The molecule has 2 heterocycles. The predicted octanol–water partition coefficient (Wildman–Crippen LogP) is 2.48. The van der Waals surface area contributed by atoms with Crippen molar-refractivity contribution >= 4 is 27.3 Å². The summed E-state index contributed by atoms with van der Waals surface area (Å²) in [5, 5.41) is 2.29. The summed E-state index contributed by atoms with van der Waals surface area (Å²) in [7, 11) is 0. The number of nitrogens with zero attached hydrogens (tertiary/aromatic N) is 2. The smallest absolute Gasteiger partial charge is 0.262 e. The van der Waals surface area contributed by atoms with Gasteiger partial charge in [0.15, 0.2) is 5.78 Å². The molecule has 2 aromatic heterocycles. The molecule has 0 atom stereocenters. The number of rotatable bonds is 3. The third-order valence-corrected chi connectivity index (χ3v) is 3.75. The van der Waals surface area contributed by atoms with Crippen molar-refractivity contribution in [1.82, 2.24) is 9.55 Å². The van der Waals surface area contributed by atoms with Gasteiger partial charge >= 0.3 is 0 Å². The van der Waals surface area contributed by atoms with Gasteiger partial charge in [-0.15, -0.1) is 11.3 Å². The molecule has 0 aliphatic carbocycles. The molecular formula is C14H9FN2O2S. The van der Waals surface area contributed by atoms with E-state index in [1.54, 1.807) is 11.4 Å². The van der Waals surface area contributed by atoms with Crippen LogP contribution in [0.3, 0.4) is 0 Å². The lowest BCUT2D eigenvalue weighted by molar-refractivity contribution is 0.0970. The maximum absolute atomic E-state index is 12.8. The van der Waals surface area contributed by atoms with Crippen molar-refractivity contribution in [2.24, 2.45) is 0 Å². The number of hydrogen-bond donors (Lipinski definition) is 0. The van der Waals surface area contributed by atoms with Gasteiger partial charge in [-0.3, -0.25) is 14.2 Å². The highest BCUT2D eigenvalue weighted by molar-refractivity contribution is 7.16. The van der Waals surface area contributed by atoms with E-state index >= 15 is 0 Å². The lowest BCUT2D eigenvalue weighted by Gasteiger charge is -2.04. The van der Waals surface area contributed by atoms with Gasteiger partial charge in [0.25, 0.3) is 5.56 Å². The van der Waals surface area contributed by atoms with E-state index in [9.17, 15) is 14.0 Å². The molecule has 0 fully saturated rings. The van der Waals surface area contributed by atoms with E-state index in [4.69, 9.17) is 0 Å². The van der Waals surface area contributed by atoms with E-state index in [2.05, 4.69) is 4.98 Å². The zero-order chi connectivity index (χ0) is 14.1. The highest BCUT2D eigenvalue weighted by atomic mass is 32.1. The van der Waals surface area contributed by atoms with Crippen molar-refractivity contribution in [3.05, 3.63) is 63.8 Å². The average molecular weight is 288 g/mol. The minimum absolute atomic E-state index is 0.108. The molecule has 0 spiro atoms. The van der Waals surface area contributed by atoms with Crippen molar-refractivity contribution in [1.29, 1.82) is 0 Å². The monoisotopic (exact) mass is 288 g/mol. The first-order valence-corrected chi connectivity index (χ1v) is 6.74. The van der Waals surface area contributed by atoms with Crippen LogP contribution in [0.1, 0.15) is 10.4 Å². The quantitative estimate of drug-likeness (QED) is 0.696. The topological polar surface area (TPSA) is 52.0 Å². The average Bonchev–Trinajstić information content (AvgIpc) is 2.92. The third kappa shape index (κ3) is 2.25. The molecule has 0 aliphatic rings. The van der Waals surface area contributed by atoms with Crippen LogP contribution >= 0.6 is 11.3 Å². The summed E-state index contributed by atoms with van der Waals surface area (Å²) in [6.07, 6.45) is 1.36. The largest absolute Gasteiger partial charge is 0.292 e. The number of aromatic nitrogens is 2. The third-order valence-electron chi connectivity index (χ3n) is 2.93. The Morgan fingerprint density at radius 3 is 2.75 bits per heavy atom. The number of carbonyl (C=O) groups excluding carboxylic acids is 1. The van der Waals surface area contributed by atoms with Crippen molar-refractivity contribution in [3.63, 3.8) is 0 Å². The molecule has 3 rings (SSSR count). The summed E-state index contributed by atoms with van der Waals surface area (Å²) < 4.78 is 14.1. The molecule has 1 aromatic carbocycles. The summed E-state index contributed by atoms with van der Waals surface area (Å²) >= 11 is 1.38. The number of thiophene rings is 1. The van der Waals surface area contributed by atoms with Gasteiger partial charge < -0.3 is 0 Å². The lowest BCUT2D eigenvalue weighted by atomic mass is 10.1. The highest BCUT2D eigenvalue weighted by Crippen LogP contribution is 2.13. The molecule has 20 heavy (non-hydrogen) atoms. The number of ketones is 1. The summed E-state index contributed by atoms with van der Waals surface area (Å²) in [4.78, 5) is 29.0. The maximum Gasteiger partial charge on any atom is 0.262 e. The molecule has 3 aromatic rings. The zero-order valence-electron chi connectivity index (χ0n) is 10.2. The Morgan fingerprint density at radius 1 is 1.25 bits per heavy atom. The summed E-state index contributed by atoms with van der Waals surface area (Å²) in [6, 6.07) is 6.93. The molecular weight excluding hydrogens is 279 g/mol. The van der Waals surface area contributed by atoms with Gasteiger partial charge in [-0.25, -0.2) is 9.37 Å². The Bertz CT molecular complexity index is 836. The first-order chi connectivity index (χ1) is 9.65. The number of Topliss-reactive ketones (excluding diaryl/α,β-unsaturated/α-hetero) is 1. The molecule has 0 unspecified atom stereocenters. The van der Waals surface area contributed by atoms with E-state index in [0.29, 0.717) is 15.8 Å². The summed E-state index contributed by atoms with van der Waals surface area (Å²) in [6.45, 7) is -0.108. The number of benzene rings is 1. The summed E-state index contributed by atoms with van der Waals surface area (Å²) in [5.74, 6) is -0.663. The van der Waals surface area contributed by atoms with Crippen LogP contribution in [0.4, 0.5) is 4.39 Å². The molecule has 0 saturated heterocycles. The van der Waals surface area contributed by atoms with E-state index in [1.165, 1.54) is 46.5 Å². The minimum atomic E-state index is -0.403. The lowest BCUT2D eigenvalue weighted by Crippen LogP contribution is -2.24. The minimum Gasteiger partial charge on any atom is -0.292 e. The van der Waals surface area contributed by atoms with Crippen molar-refractivity contribution < 1.29 is 9.18 Å². The van der Waals surface area contributed by atoms with Gasteiger partial charge in [-0.2, -0.15) is 0 Å². The predicted molar refractivity (Wildman–Crippen MR) is 74.6 cm³/mol. The van der Waals surface area contributed by atoms with Crippen molar-refractivity contribution in [2.75, 3.05) is 0 Å². The standard InChI is InChI=1S/C14H9FN2O2S/c15-10-3-1-9(2-4-10)12(18)7-17-8-16-13-11(14(17)19)5-6-20-13/h1-6,8H,7H2. The van der Waals surface area contributed by atoms with Crippen LogP contribution in [0, 0.1) is 5.82 Å². The van der Waals surface area contributed by atoms with Crippen LogP contribution in [0.25, 0.3) is 10.2 Å². The molecule has 0 aliphatic heterocycles. The van der Waals surface area contributed by atoms with E-state index in [1.807, 2.05) is 0 Å².